The molecule has 0 aliphatic carbocycles. The molecule has 4 rings (SSSR count). The number of amides is 2. The highest BCUT2D eigenvalue weighted by molar-refractivity contribution is 6.02. The molecule has 2 aliphatic rings. The van der Waals surface area contributed by atoms with Crippen LogP contribution in [-0.2, 0) is 4.79 Å². The summed E-state index contributed by atoms with van der Waals surface area (Å²) in [6.45, 7) is 4.89. The van der Waals surface area contributed by atoms with Gasteiger partial charge in [0.2, 0.25) is 5.91 Å². The van der Waals surface area contributed by atoms with Gasteiger partial charge in [-0.3, -0.25) is 9.59 Å². The quantitative estimate of drug-likeness (QED) is 0.413. The van der Waals surface area contributed by atoms with E-state index < -0.39 is 12.0 Å². The van der Waals surface area contributed by atoms with Gasteiger partial charge in [-0.1, -0.05) is 19.4 Å². The highest BCUT2D eigenvalue weighted by Gasteiger charge is 2.43. The van der Waals surface area contributed by atoms with Gasteiger partial charge in [-0.2, -0.15) is 0 Å². The second-order valence-corrected chi connectivity index (χ2v) is 10.5. The maximum atomic E-state index is 14.0. The zero-order valence-electron chi connectivity index (χ0n) is 24.6. The Hall–Kier alpha value is -3.46. The molecule has 1 N–H and O–H groups in total. The smallest absolute Gasteiger partial charge is 0.254 e. The van der Waals surface area contributed by atoms with Crippen molar-refractivity contribution < 1.29 is 28.5 Å². The fraction of sp³-hybridized carbons (Fsp3) is 0.548. The van der Waals surface area contributed by atoms with Crippen molar-refractivity contribution in [1.29, 1.82) is 0 Å². The first-order valence-electron chi connectivity index (χ1n) is 14.1. The van der Waals surface area contributed by atoms with Crippen LogP contribution in [0.3, 0.4) is 0 Å². The molecular formula is C31H43N3O6. The second-order valence-electron chi connectivity index (χ2n) is 10.5. The van der Waals surface area contributed by atoms with Crippen molar-refractivity contribution in [3.05, 3.63) is 47.0 Å². The lowest BCUT2D eigenvalue weighted by Gasteiger charge is -2.40. The minimum absolute atomic E-state index is 0.140. The summed E-state index contributed by atoms with van der Waals surface area (Å²) in [7, 11) is 7.95. The number of rotatable bonds is 11. The number of carbonyl (C=O) groups excluding carboxylic acids is 2. The van der Waals surface area contributed by atoms with Gasteiger partial charge >= 0.3 is 0 Å². The summed E-state index contributed by atoms with van der Waals surface area (Å²) in [5.74, 6) is 1.01. The maximum Gasteiger partial charge on any atom is 0.254 e. The van der Waals surface area contributed by atoms with Crippen LogP contribution in [0.25, 0.3) is 0 Å². The lowest BCUT2D eigenvalue weighted by molar-refractivity contribution is -0.124. The van der Waals surface area contributed by atoms with Crippen molar-refractivity contribution in [3.8, 4) is 23.0 Å². The molecule has 2 aromatic carbocycles. The van der Waals surface area contributed by atoms with Gasteiger partial charge in [0.15, 0.2) is 23.0 Å². The largest absolute Gasteiger partial charge is 0.493 e. The minimum atomic E-state index is -0.672. The standard InChI is InChI=1S/C31H43N3O6/c1-7-21-11-8-9-15-34(21)16-10-14-32-30(35)28-22-18-26(39-5)27(40-6)19-23(22)31(36)33(2)29(28)20-12-13-24(37-3)25(17-20)38-4/h12-13,17-19,21,28-29H,7-11,14-16H2,1-6H3,(H,32,35). The molecule has 0 saturated carbocycles. The molecule has 2 aromatic rings. The molecule has 218 valence electrons. The first-order valence-corrected chi connectivity index (χ1v) is 14.1. The third-order valence-corrected chi connectivity index (χ3v) is 8.35. The molecule has 9 heteroatoms. The van der Waals surface area contributed by atoms with Crippen LogP contribution in [0.4, 0.5) is 0 Å². The Morgan fingerprint density at radius 2 is 1.62 bits per heavy atom. The van der Waals surface area contributed by atoms with E-state index in [-0.39, 0.29) is 11.8 Å². The van der Waals surface area contributed by atoms with Gasteiger partial charge in [-0.25, -0.2) is 0 Å². The van der Waals surface area contributed by atoms with E-state index in [2.05, 4.69) is 17.1 Å². The average molecular weight is 554 g/mol. The summed E-state index contributed by atoms with van der Waals surface area (Å²) in [5.41, 5.74) is 1.81. The van der Waals surface area contributed by atoms with Gasteiger partial charge in [-0.05, 0) is 67.6 Å². The molecule has 0 aromatic heterocycles. The van der Waals surface area contributed by atoms with E-state index in [0.29, 0.717) is 46.7 Å². The van der Waals surface area contributed by atoms with Crippen LogP contribution in [0.15, 0.2) is 30.3 Å². The number of nitrogens with zero attached hydrogens (tertiary/aromatic N) is 2. The van der Waals surface area contributed by atoms with Crippen LogP contribution in [-0.4, -0.2) is 82.8 Å². The molecule has 1 fully saturated rings. The molecule has 0 spiro atoms. The first kappa shape index (κ1) is 29.5. The van der Waals surface area contributed by atoms with Crippen LogP contribution in [0.1, 0.15) is 72.5 Å². The van der Waals surface area contributed by atoms with Crippen molar-refractivity contribution in [2.75, 3.05) is 55.1 Å². The van der Waals surface area contributed by atoms with Crippen LogP contribution in [0.2, 0.25) is 0 Å². The topological polar surface area (TPSA) is 89.6 Å². The van der Waals surface area contributed by atoms with Crippen LogP contribution >= 0.6 is 0 Å². The number of likely N-dealkylation sites (N-methyl/N-ethyl adjacent to an activating group) is 1. The Morgan fingerprint density at radius 1 is 0.950 bits per heavy atom. The molecule has 2 amide bonds. The summed E-state index contributed by atoms with van der Waals surface area (Å²) in [6.07, 6.45) is 5.80. The second kappa shape index (κ2) is 13.3. The number of hydrogen-bond donors (Lipinski definition) is 1. The zero-order valence-corrected chi connectivity index (χ0v) is 24.6. The van der Waals surface area contributed by atoms with E-state index in [9.17, 15) is 9.59 Å². The number of nitrogens with one attached hydrogen (secondary N) is 1. The molecule has 0 bridgehead atoms. The fourth-order valence-electron chi connectivity index (χ4n) is 6.21. The highest BCUT2D eigenvalue weighted by Crippen LogP contribution is 2.46. The molecule has 3 atom stereocenters. The fourth-order valence-corrected chi connectivity index (χ4v) is 6.21. The van der Waals surface area contributed by atoms with Crippen LogP contribution in [0, 0.1) is 0 Å². The van der Waals surface area contributed by atoms with Crippen LogP contribution < -0.4 is 24.3 Å². The summed E-state index contributed by atoms with van der Waals surface area (Å²) < 4.78 is 22.0. The Balaban J connectivity index is 1.66. The van der Waals surface area contributed by atoms with E-state index in [1.54, 1.807) is 51.5 Å². The molecule has 2 heterocycles. The van der Waals surface area contributed by atoms with E-state index in [0.717, 1.165) is 31.5 Å². The monoisotopic (exact) mass is 553 g/mol. The van der Waals surface area contributed by atoms with E-state index >= 15 is 0 Å². The third-order valence-electron chi connectivity index (χ3n) is 8.35. The Bertz CT molecular complexity index is 1200. The summed E-state index contributed by atoms with van der Waals surface area (Å²) in [4.78, 5) is 31.8. The van der Waals surface area contributed by atoms with Crippen molar-refractivity contribution in [1.82, 2.24) is 15.1 Å². The van der Waals surface area contributed by atoms with Crippen molar-refractivity contribution in [2.24, 2.45) is 0 Å². The van der Waals surface area contributed by atoms with Crippen molar-refractivity contribution in [3.63, 3.8) is 0 Å². The predicted molar refractivity (Wildman–Crippen MR) is 154 cm³/mol. The number of carbonyl (C=O) groups is 2. The Labute approximate surface area is 237 Å². The maximum absolute atomic E-state index is 14.0. The molecule has 1 saturated heterocycles. The number of fused-ring (bicyclic) bond motifs is 1. The van der Waals surface area contributed by atoms with Gasteiger partial charge in [-0.15, -0.1) is 0 Å². The average Bonchev–Trinajstić information content (AvgIpc) is 2.99. The molecule has 9 nitrogen and oxygen atoms in total. The van der Waals surface area contributed by atoms with Gasteiger partial charge in [0, 0.05) is 31.7 Å². The number of ether oxygens (including phenoxy) is 4. The molecule has 3 unspecified atom stereocenters. The molecular weight excluding hydrogens is 510 g/mol. The number of benzene rings is 2. The lowest BCUT2D eigenvalue weighted by atomic mass is 9.79. The highest BCUT2D eigenvalue weighted by atomic mass is 16.5. The number of piperidine rings is 1. The lowest BCUT2D eigenvalue weighted by Crippen LogP contribution is -2.46. The number of likely N-dealkylation sites (tertiary alicyclic amines) is 1. The predicted octanol–water partition coefficient (Wildman–Crippen LogP) is 4.40. The first-order chi connectivity index (χ1) is 19.4. The summed E-state index contributed by atoms with van der Waals surface area (Å²) in [6, 6.07) is 9.00. The van der Waals surface area contributed by atoms with E-state index in [1.165, 1.54) is 26.4 Å². The summed E-state index contributed by atoms with van der Waals surface area (Å²) >= 11 is 0. The van der Waals surface area contributed by atoms with Gasteiger partial charge in [0.1, 0.15) is 0 Å². The van der Waals surface area contributed by atoms with Crippen molar-refractivity contribution >= 4 is 11.8 Å². The van der Waals surface area contributed by atoms with E-state index in [1.807, 2.05) is 12.1 Å². The van der Waals surface area contributed by atoms with Crippen molar-refractivity contribution in [2.45, 2.75) is 57.0 Å². The number of hydrogen-bond acceptors (Lipinski definition) is 7. The Morgan fingerprint density at radius 3 is 2.30 bits per heavy atom. The van der Waals surface area contributed by atoms with Gasteiger partial charge < -0.3 is 34.1 Å². The SMILES string of the molecule is CCC1CCCCN1CCCNC(=O)C1c2cc(OC)c(OC)cc2C(=O)N(C)C1c1ccc(OC)c(OC)c1. The minimum Gasteiger partial charge on any atom is -0.493 e. The molecule has 2 aliphatic heterocycles. The normalized spacial score (nSPS) is 21.0. The molecule has 0 radical (unpaired) electrons. The van der Waals surface area contributed by atoms with Gasteiger partial charge in [0.05, 0.1) is 40.4 Å². The zero-order chi connectivity index (χ0) is 28.8. The van der Waals surface area contributed by atoms with Crippen LogP contribution in [0.5, 0.6) is 23.0 Å². The molecule has 40 heavy (non-hydrogen) atoms. The third kappa shape index (κ3) is 5.84. The number of methoxy groups -OCH3 is 4. The van der Waals surface area contributed by atoms with E-state index in [4.69, 9.17) is 18.9 Å². The summed E-state index contributed by atoms with van der Waals surface area (Å²) in [5, 5.41) is 3.19. The van der Waals surface area contributed by atoms with Gasteiger partial charge in [0.25, 0.3) is 5.91 Å². The Kier molecular flexibility index (Phi) is 9.79.